The highest BCUT2D eigenvalue weighted by atomic mass is 16.5. The van der Waals surface area contributed by atoms with Gasteiger partial charge in [0, 0.05) is 32.2 Å². The zero-order valence-corrected chi connectivity index (χ0v) is 16.0. The van der Waals surface area contributed by atoms with Gasteiger partial charge in [0.1, 0.15) is 5.75 Å². The Kier molecular flexibility index (Phi) is 5.39. The first-order valence-electron chi connectivity index (χ1n) is 9.41. The second-order valence-corrected chi connectivity index (χ2v) is 7.73. The monoisotopic (exact) mass is 359 g/mol. The molecule has 1 spiro atoms. The van der Waals surface area contributed by atoms with E-state index in [1.807, 2.05) is 47.9 Å². The molecule has 3 rings (SSSR count). The number of hydrogen-bond donors (Lipinski definition) is 1. The topological polar surface area (TPSA) is 61.9 Å². The third-order valence-corrected chi connectivity index (χ3v) is 5.41. The molecule has 1 N–H and O–H groups in total. The Morgan fingerprint density at radius 1 is 1.23 bits per heavy atom. The van der Waals surface area contributed by atoms with Gasteiger partial charge in [-0.1, -0.05) is 12.1 Å². The summed E-state index contributed by atoms with van der Waals surface area (Å²) in [6, 6.07) is 7.89. The Bertz CT molecular complexity index is 659. The maximum Gasteiger partial charge on any atom is 0.317 e. The van der Waals surface area contributed by atoms with Crippen LogP contribution in [0.2, 0.25) is 0 Å². The van der Waals surface area contributed by atoms with Gasteiger partial charge in [0.25, 0.3) is 0 Å². The molecular weight excluding hydrogens is 330 g/mol. The first-order chi connectivity index (χ1) is 12.4. The summed E-state index contributed by atoms with van der Waals surface area (Å²) in [6.45, 7) is 6.53. The van der Waals surface area contributed by atoms with Crippen molar-refractivity contribution < 1.29 is 14.3 Å². The average Bonchev–Trinajstić information content (AvgIpc) is 2.91. The van der Waals surface area contributed by atoms with Gasteiger partial charge in [-0.05, 0) is 50.8 Å². The fourth-order valence-corrected chi connectivity index (χ4v) is 4.02. The number of benzene rings is 1. The maximum atomic E-state index is 13.1. The summed E-state index contributed by atoms with van der Waals surface area (Å²) in [4.78, 5) is 29.3. The highest BCUT2D eigenvalue weighted by Crippen LogP contribution is 2.40. The van der Waals surface area contributed by atoms with Crippen molar-refractivity contribution in [2.45, 2.75) is 45.7 Å². The summed E-state index contributed by atoms with van der Waals surface area (Å²) in [6.07, 6.45) is 2.58. The van der Waals surface area contributed by atoms with Crippen molar-refractivity contribution in [2.75, 3.05) is 26.7 Å². The van der Waals surface area contributed by atoms with Crippen LogP contribution in [-0.4, -0.2) is 54.5 Å². The third kappa shape index (κ3) is 3.79. The van der Waals surface area contributed by atoms with Gasteiger partial charge in [-0.15, -0.1) is 0 Å². The fraction of sp³-hybridized carbons (Fsp3) is 0.600. The molecule has 1 atom stereocenters. The van der Waals surface area contributed by atoms with Crippen molar-refractivity contribution in [1.82, 2.24) is 15.1 Å². The van der Waals surface area contributed by atoms with E-state index in [0.29, 0.717) is 13.1 Å². The van der Waals surface area contributed by atoms with E-state index >= 15 is 0 Å². The molecule has 1 unspecified atom stereocenters. The number of piperidine rings is 1. The standard InChI is InChI=1S/C20H29N3O3/c1-15(2)21-19(25)23-11-4-9-20(14-23)10-12-22(18(20)24)13-16-5-7-17(26-3)8-6-16/h5-8,15H,4,9-14H2,1-3H3,(H,21,25). The number of rotatable bonds is 4. The normalized spacial score (nSPS) is 23.0. The van der Waals surface area contributed by atoms with Gasteiger partial charge in [-0.3, -0.25) is 4.79 Å². The summed E-state index contributed by atoms with van der Waals surface area (Å²) in [5.74, 6) is 1.01. The van der Waals surface area contributed by atoms with E-state index in [4.69, 9.17) is 4.74 Å². The number of ether oxygens (including phenoxy) is 1. The molecule has 1 aromatic carbocycles. The molecule has 0 radical (unpaired) electrons. The van der Waals surface area contributed by atoms with Crippen LogP contribution < -0.4 is 10.1 Å². The van der Waals surface area contributed by atoms with Gasteiger partial charge in [-0.2, -0.15) is 0 Å². The summed E-state index contributed by atoms with van der Waals surface area (Å²) < 4.78 is 5.19. The van der Waals surface area contributed by atoms with E-state index in [9.17, 15) is 9.59 Å². The lowest BCUT2D eigenvalue weighted by Crippen LogP contribution is -2.53. The number of methoxy groups -OCH3 is 1. The molecule has 2 aliphatic heterocycles. The predicted octanol–water partition coefficient (Wildman–Crippen LogP) is 2.63. The minimum absolute atomic E-state index is 0.0551. The summed E-state index contributed by atoms with van der Waals surface area (Å²) in [5.41, 5.74) is 0.695. The van der Waals surface area contributed by atoms with Gasteiger partial charge in [0.2, 0.25) is 5.91 Å². The van der Waals surface area contributed by atoms with E-state index in [1.54, 1.807) is 7.11 Å². The Morgan fingerprint density at radius 3 is 2.62 bits per heavy atom. The van der Waals surface area contributed by atoms with Gasteiger partial charge in [0.05, 0.1) is 12.5 Å². The van der Waals surface area contributed by atoms with Crippen LogP contribution in [0.15, 0.2) is 24.3 Å². The van der Waals surface area contributed by atoms with E-state index in [-0.39, 0.29) is 18.0 Å². The van der Waals surface area contributed by atoms with Crippen LogP contribution in [-0.2, 0) is 11.3 Å². The lowest BCUT2D eigenvalue weighted by atomic mass is 9.78. The van der Waals surface area contributed by atoms with Crippen LogP contribution in [0.4, 0.5) is 4.79 Å². The van der Waals surface area contributed by atoms with Crippen LogP contribution in [0.25, 0.3) is 0 Å². The minimum Gasteiger partial charge on any atom is -0.497 e. The van der Waals surface area contributed by atoms with E-state index in [0.717, 1.165) is 43.7 Å². The van der Waals surface area contributed by atoms with Crippen molar-refractivity contribution >= 4 is 11.9 Å². The molecule has 142 valence electrons. The lowest BCUT2D eigenvalue weighted by Gasteiger charge is -2.39. The molecular formula is C20H29N3O3. The Hall–Kier alpha value is -2.24. The number of nitrogens with zero attached hydrogens (tertiary/aromatic N) is 2. The molecule has 0 bridgehead atoms. The minimum atomic E-state index is -0.404. The zero-order chi connectivity index (χ0) is 18.7. The lowest BCUT2D eigenvalue weighted by molar-refractivity contribution is -0.138. The zero-order valence-electron chi connectivity index (χ0n) is 16.0. The number of urea groups is 1. The second-order valence-electron chi connectivity index (χ2n) is 7.73. The number of nitrogens with one attached hydrogen (secondary N) is 1. The summed E-state index contributed by atoms with van der Waals surface area (Å²) >= 11 is 0. The Morgan fingerprint density at radius 2 is 1.96 bits per heavy atom. The molecule has 3 amide bonds. The Labute approximate surface area is 155 Å². The second kappa shape index (κ2) is 7.56. The number of likely N-dealkylation sites (tertiary alicyclic amines) is 2. The number of carbonyl (C=O) groups excluding carboxylic acids is 2. The van der Waals surface area contributed by atoms with E-state index < -0.39 is 5.41 Å². The largest absolute Gasteiger partial charge is 0.497 e. The molecule has 0 saturated carbocycles. The predicted molar refractivity (Wildman–Crippen MR) is 99.9 cm³/mol. The van der Waals surface area contributed by atoms with E-state index in [1.165, 1.54) is 0 Å². The highest BCUT2D eigenvalue weighted by Gasteiger charge is 2.49. The van der Waals surface area contributed by atoms with Gasteiger partial charge >= 0.3 is 6.03 Å². The van der Waals surface area contributed by atoms with Crippen LogP contribution in [0.5, 0.6) is 5.75 Å². The molecule has 26 heavy (non-hydrogen) atoms. The first kappa shape index (κ1) is 18.5. The maximum absolute atomic E-state index is 13.1. The summed E-state index contributed by atoms with van der Waals surface area (Å²) in [7, 11) is 1.65. The molecule has 6 nitrogen and oxygen atoms in total. The van der Waals surface area contributed by atoms with Crippen molar-refractivity contribution in [3.8, 4) is 5.75 Å². The molecule has 2 saturated heterocycles. The van der Waals surface area contributed by atoms with Crippen molar-refractivity contribution in [2.24, 2.45) is 5.41 Å². The van der Waals surface area contributed by atoms with Crippen LogP contribution in [0.1, 0.15) is 38.7 Å². The molecule has 2 fully saturated rings. The molecule has 2 aliphatic rings. The summed E-state index contributed by atoms with van der Waals surface area (Å²) in [5, 5.41) is 2.95. The molecule has 0 aliphatic carbocycles. The molecule has 0 aromatic heterocycles. The van der Waals surface area contributed by atoms with Gasteiger partial charge in [-0.25, -0.2) is 4.79 Å². The van der Waals surface area contributed by atoms with Crippen molar-refractivity contribution in [3.63, 3.8) is 0 Å². The quantitative estimate of drug-likeness (QED) is 0.899. The fourth-order valence-electron chi connectivity index (χ4n) is 4.02. The first-order valence-corrected chi connectivity index (χ1v) is 9.41. The van der Waals surface area contributed by atoms with Crippen LogP contribution in [0, 0.1) is 5.41 Å². The SMILES string of the molecule is COc1ccc(CN2CCC3(CCCN(C(=O)NC(C)C)C3)C2=O)cc1. The average molecular weight is 359 g/mol. The van der Waals surface area contributed by atoms with Gasteiger partial charge in [0.15, 0.2) is 0 Å². The number of carbonyl (C=O) groups is 2. The van der Waals surface area contributed by atoms with Crippen molar-refractivity contribution in [3.05, 3.63) is 29.8 Å². The van der Waals surface area contributed by atoms with Crippen LogP contribution >= 0.6 is 0 Å². The number of amides is 3. The number of hydrogen-bond acceptors (Lipinski definition) is 3. The molecule has 1 aromatic rings. The van der Waals surface area contributed by atoms with Crippen molar-refractivity contribution in [1.29, 1.82) is 0 Å². The smallest absolute Gasteiger partial charge is 0.317 e. The molecule has 6 heteroatoms. The van der Waals surface area contributed by atoms with Crippen LogP contribution in [0.3, 0.4) is 0 Å². The van der Waals surface area contributed by atoms with Gasteiger partial charge < -0.3 is 19.9 Å². The molecule has 2 heterocycles. The highest BCUT2D eigenvalue weighted by molar-refractivity contribution is 5.86. The Balaban J connectivity index is 1.65. The van der Waals surface area contributed by atoms with E-state index in [2.05, 4.69) is 5.32 Å². The third-order valence-electron chi connectivity index (χ3n) is 5.41.